The quantitative estimate of drug-likeness (QED) is 0.481. The number of nitrogens with one attached hydrogen (secondary N) is 1. The third-order valence-corrected chi connectivity index (χ3v) is 3.56. The Morgan fingerprint density at radius 3 is 2.43 bits per heavy atom. The van der Waals surface area contributed by atoms with Crippen LogP contribution in [0.15, 0.2) is 36.4 Å². The maximum absolute atomic E-state index is 10.8. The summed E-state index contributed by atoms with van der Waals surface area (Å²) >= 11 is 11.7. The largest absolute Gasteiger partial charge is 0.505 e. The molecule has 1 unspecified atom stereocenters. The molecule has 0 fully saturated rings. The highest BCUT2D eigenvalue weighted by Gasteiger charge is 2.12. The van der Waals surface area contributed by atoms with Gasteiger partial charge in [0.15, 0.2) is 5.75 Å². The minimum atomic E-state index is -0.440. The molecule has 2 aromatic carbocycles. The first kappa shape index (κ1) is 15.4. The molecular formula is C14H12Cl2N2O3. The highest BCUT2D eigenvalue weighted by molar-refractivity contribution is 6.37. The topological polar surface area (TPSA) is 75.4 Å². The van der Waals surface area contributed by atoms with E-state index in [4.69, 9.17) is 23.2 Å². The molecular weight excluding hydrogens is 315 g/mol. The molecule has 2 N–H and O–H groups in total. The Hall–Kier alpha value is -1.98. The van der Waals surface area contributed by atoms with Crippen molar-refractivity contribution in [1.29, 1.82) is 0 Å². The van der Waals surface area contributed by atoms with Crippen molar-refractivity contribution in [3.8, 4) is 5.75 Å². The van der Waals surface area contributed by atoms with Crippen LogP contribution in [0.2, 0.25) is 10.0 Å². The number of rotatable bonds is 4. The lowest BCUT2D eigenvalue weighted by molar-refractivity contribution is -0.384. The van der Waals surface area contributed by atoms with Crippen molar-refractivity contribution in [3.05, 3.63) is 62.1 Å². The van der Waals surface area contributed by atoms with Crippen LogP contribution in [0, 0.1) is 10.1 Å². The van der Waals surface area contributed by atoms with Crippen molar-refractivity contribution in [1.82, 2.24) is 0 Å². The summed E-state index contributed by atoms with van der Waals surface area (Å²) in [5.41, 5.74) is 1.40. The summed E-state index contributed by atoms with van der Waals surface area (Å²) in [5, 5.41) is 23.7. The highest BCUT2D eigenvalue weighted by Crippen LogP contribution is 2.35. The van der Waals surface area contributed by atoms with Gasteiger partial charge in [-0.25, -0.2) is 0 Å². The molecule has 2 aromatic rings. The maximum Gasteiger partial charge on any atom is 0.269 e. The van der Waals surface area contributed by atoms with Gasteiger partial charge < -0.3 is 10.4 Å². The van der Waals surface area contributed by atoms with E-state index in [1.54, 1.807) is 12.1 Å². The van der Waals surface area contributed by atoms with Crippen LogP contribution >= 0.6 is 23.2 Å². The summed E-state index contributed by atoms with van der Waals surface area (Å²) in [6, 6.07) is 9.23. The average molecular weight is 327 g/mol. The Balaban J connectivity index is 2.23. The first-order valence-electron chi connectivity index (χ1n) is 6.07. The number of hydrogen-bond acceptors (Lipinski definition) is 4. The second-order valence-electron chi connectivity index (χ2n) is 4.51. The van der Waals surface area contributed by atoms with Crippen LogP contribution < -0.4 is 5.32 Å². The smallest absolute Gasteiger partial charge is 0.269 e. The fraction of sp³-hybridized carbons (Fsp3) is 0.143. The lowest BCUT2D eigenvalue weighted by Gasteiger charge is -2.16. The number of anilines is 1. The second kappa shape index (κ2) is 6.20. The van der Waals surface area contributed by atoms with Crippen molar-refractivity contribution in [2.24, 2.45) is 0 Å². The van der Waals surface area contributed by atoms with Crippen LogP contribution in [0.4, 0.5) is 11.4 Å². The van der Waals surface area contributed by atoms with E-state index < -0.39 is 4.92 Å². The molecule has 1 atom stereocenters. The van der Waals surface area contributed by atoms with Crippen molar-refractivity contribution >= 4 is 34.6 Å². The lowest BCUT2D eigenvalue weighted by atomic mass is 10.1. The minimum Gasteiger partial charge on any atom is -0.505 e. The number of phenols is 1. The van der Waals surface area contributed by atoms with Gasteiger partial charge in [0.05, 0.1) is 15.0 Å². The highest BCUT2D eigenvalue weighted by atomic mass is 35.5. The van der Waals surface area contributed by atoms with E-state index in [1.165, 1.54) is 24.3 Å². The molecule has 0 amide bonds. The van der Waals surface area contributed by atoms with Gasteiger partial charge in [0.1, 0.15) is 0 Å². The van der Waals surface area contributed by atoms with Crippen molar-refractivity contribution in [2.45, 2.75) is 13.0 Å². The number of halogens is 2. The number of hydrogen-bond donors (Lipinski definition) is 2. The standard InChI is InChI=1S/C14H12Cl2N2O3/c1-8(9-3-2-4-11(5-9)18(20)21)17-10-6-12(15)14(19)13(16)7-10/h2-8,17,19H,1H3. The van der Waals surface area contributed by atoms with E-state index in [9.17, 15) is 15.2 Å². The van der Waals surface area contributed by atoms with Crippen molar-refractivity contribution in [3.63, 3.8) is 0 Å². The van der Waals surface area contributed by atoms with E-state index in [0.29, 0.717) is 5.69 Å². The SMILES string of the molecule is CC(Nc1cc(Cl)c(O)c(Cl)c1)c1cccc([N+](=O)[O-])c1. The van der Waals surface area contributed by atoms with Gasteiger partial charge in [-0.05, 0) is 24.6 Å². The van der Waals surface area contributed by atoms with E-state index >= 15 is 0 Å². The number of aromatic hydroxyl groups is 1. The Bertz CT molecular complexity index is 669. The van der Waals surface area contributed by atoms with Crippen LogP contribution in [-0.2, 0) is 0 Å². The number of phenolic OH excluding ortho intramolecular Hbond substituents is 1. The van der Waals surface area contributed by atoms with Gasteiger partial charge in [0, 0.05) is 23.9 Å². The fourth-order valence-corrected chi connectivity index (χ4v) is 2.38. The normalized spacial score (nSPS) is 12.0. The molecule has 0 aromatic heterocycles. The Morgan fingerprint density at radius 2 is 1.86 bits per heavy atom. The molecule has 0 saturated carbocycles. The number of nitro groups is 1. The van der Waals surface area contributed by atoms with Crippen LogP contribution in [0.3, 0.4) is 0 Å². The predicted molar refractivity (Wildman–Crippen MR) is 83.3 cm³/mol. The molecule has 0 radical (unpaired) electrons. The van der Waals surface area contributed by atoms with Crippen molar-refractivity contribution < 1.29 is 10.0 Å². The maximum atomic E-state index is 10.8. The Labute approximate surface area is 131 Å². The summed E-state index contributed by atoms with van der Waals surface area (Å²) in [7, 11) is 0. The van der Waals surface area contributed by atoms with Gasteiger partial charge >= 0.3 is 0 Å². The van der Waals surface area contributed by atoms with Crippen molar-refractivity contribution in [2.75, 3.05) is 5.32 Å². The van der Waals surface area contributed by atoms with E-state index in [-0.39, 0.29) is 27.5 Å². The third-order valence-electron chi connectivity index (χ3n) is 2.98. The van der Waals surface area contributed by atoms with Gasteiger partial charge in [-0.15, -0.1) is 0 Å². The first-order valence-corrected chi connectivity index (χ1v) is 6.83. The number of non-ortho nitro benzene ring substituents is 1. The molecule has 0 spiro atoms. The molecule has 0 saturated heterocycles. The molecule has 0 heterocycles. The monoisotopic (exact) mass is 326 g/mol. The van der Waals surface area contributed by atoms with Gasteiger partial charge in [-0.3, -0.25) is 10.1 Å². The first-order chi connectivity index (χ1) is 9.88. The second-order valence-corrected chi connectivity index (χ2v) is 5.32. The van der Waals surface area contributed by atoms with E-state index in [2.05, 4.69) is 5.32 Å². The summed E-state index contributed by atoms with van der Waals surface area (Å²) in [6.45, 7) is 1.85. The molecule has 7 heteroatoms. The molecule has 110 valence electrons. The molecule has 5 nitrogen and oxygen atoms in total. The third kappa shape index (κ3) is 3.56. The zero-order valence-electron chi connectivity index (χ0n) is 11.0. The molecule has 0 aliphatic carbocycles. The molecule has 0 bridgehead atoms. The van der Waals surface area contributed by atoms with E-state index in [0.717, 1.165) is 5.56 Å². The zero-order valence-corrected chi connectivity index (χ0v) is 12.5. The van der Waals surface area contributed by atoms with Gasteiger partial charge in [-0.1, -0.05) is 35.3 Å². The zero-order chi connectivity index (χ0) is 15.6. The number of nitro benzene ring substituents is 1. The van der Waals surface area contributed by atoms with Gasteiger partial charge in [0.25, 0.3) is 5.69 Å². The summed E-state index contributed by atoms with van der Waals surface area (Å²) in [4.78, 5) is 10.3. The Morgan fingerprint density at radius 1 is 1.24 bits per heavy atom. The summed E-state index contributed by atoms with van der Waals surface area (Å²) < 4.78 is 0. The predicted octanol–water partition coefficient (Wildman–Crippen LogP) is 4.78. The lowest BCUT2D eigenvalue weighted by Crippen LogP contribution is -2.07. The molecule has 2 rings (SSSR count). The number of benzene rings is 2. The summed E-state index contributed by atoms with van der Waals surface area (Å²) in [6.07, 6.45) is 0. The van der Waals surface area contributed by atoms with Crippen LogP contribution in [-0.4, -0.2) is 10.0 Å². The average Bonchev–Trinajstić information content (AvgIpc) is 2.44. The fourth-order valence-electron chi connectivity index (χ4n) is 1.89. The minimum absolute atomic E-state index is 0.0305. The van der Waals surface area contributed by atoms with Gasteiger partial charge in [-0.2, -0.15) is 0 Å². The molecule has 0 aliphatic rings. The van der Waals surface area contributed by atoms with Gasteiger partial charge in [0.2, 0.25) is 0 Å². The molecule has 21 heavy (non-hydrogen) atoms. The van der Waals surface area contributed by atoms with E-state index in [1.807, 2.05) is 6.92 Å². The Kier molecular flexibility index (Phi) is 4.55. The van der Waals surface area contributed by atoms with Crippen LogP contribution in [0.5, 0.6) is 5.75 Å². The number of nitrogens with zero attached hydrogens (tertiary/aromatic N) is 1. The summed E-state index contributed by atoms with van der Waals surface area (Å²) in [5.74, 6) is -0.174. The van der Waals surface area contributed by atoms with Crippen LogP contribution in [0.25, 0.3) is 0 Å². The molecule has 0 aliphatic heterocycles. The van der Waals surface area contributed by atoms with Crippen LogP contribution in [0.1, 0.15) is 18.5 Å².